The van der Waals surface area contributed by atoms with Crippen LogP contribution in [0.1, 0.15) is 28.4 Å². The van der Waals surface area contributed by atoms with Crippen LogP contribution in [-0.4, -0.2) is 29.9 Å². The Morgan fingerprint density at radius 1 is 0.871 bits per heavy atom. The molecule has 0 unspecified atom stereocenters. The molecule has 0 aliphatic carbocycles. The van der Waals surface area contributed by atoms with Crippen molar-refractivity contribution in [3.63, 3.8) is 0 Å². The molecule has 31 heavy (non-hydrogen) atoms. The molecular formula is C25H26N2O4. The van der Waals surface area contributed by atoms with Gasteiger partial charge in [-0.25, -0.2) is 4.79 Å². The van der Waals surface area contributed by atoms with E-state index in [0.717, 1.165) is 16.9 Å². The number of ether oxygens (including phenoxy) is 2. The molecule has 6 heteroatoms. The van der Waals surface area contributed by atoms with Crippen LogP contribution in [0.15, 0.2) is 78.9 Å². The van der Waals surface area contributed by atoms with Crippen molar-refractivity contribution in [3.05, 3.63) is 95.6 Å². The maximum Gasteiger partial charge on any atom is 0.338 e. The summed E-state index contributed by atoms with van der Waals surface area (Å²) < 4.78 is 10.9. The summed E-state index contributed by atoms with van der Waals surface area (Å²) in [6.45, 7) is 3.00. The Bertz CT molecular complexity index is 986. The number of carbonyl (C=O) groups is 2. The van der Waals surface area contributed by atoms with Gasteiger partial charge in [0.25, 0.3) is 5.91 Å². The molecule has 0 bridgehead atoms. The predicted octanol–water partition coefficient (Wildman–Crippen LogP) is 4.05. The molecule has 0 atom stereocenters. The Balaban J connectivity index is 1.49. The van der Waals surface area contributed by atoms with E-state index >= 15 is 0 Å². The van der Waals surface area contributed by atoms with E-state index in [1.54, 1.807) is 29.2 Å². The molecule has 6 nitrogen and oxygen atoms in total. The van der Waals surface area contributed by atoms with E-state index < -0.39 is 5.97 Å². The first-order chi connectivity index (χ1) is 15.0. The minimum Gasteiger partial charge on any atom is -0.489 e. The van der Waals surface area contributed by atoms with Crippen molar-refractivity contribution in [3.8, 4) is 5.75 Å². The first-order valence-electron chi connectivity index (χ1n) is 10.1. The maximum atomic E-state index is 12.5. The lowest BCUT2D eigenvalue weighted by molar-refractivity contribution is -0.134. The molecule has 0 aliphatic heterocycles. The van der Waals surface area contributed by atoms with Gasteiger partial charge < -0.3 is 20.1 Å². The largest absolute Gasteiger partial charge is 0.489 e. The molecule has 0 aromatic heterocycles. The molecule has 3 aromatic carbocycles. The topological polar surface area (TPSA) is 81.9 Å². The maximum absolute atomic E-state index is 12.5. The number of nitrogens with two attached hydrogens (primary N) is 1. The zero-order chi connectivity index (χ0) is 22.1. The number of hydrogen-bond donors (Lipinski definition) is 1. The second-order valence-electron chi connectivity index (χ2n) is 7.02. The van der Waals surface area contributed by atoms with E-state index in [4.69, 9.17) is 15.2 Å². The number of carbonyl (C=O) groups excluding carboxylic acids is 2. The fourth-order valence-electron chi connectivity index (χ4n) is 2.95. The van der Waals surface area contributed by atoms with Crippen LogP contribution in [0.3, 0.4) is 0 Å². The highest BCUT2D eigenvalue weighted by Gasteiger charge is 2.16. The summed E-state index contributed by atoms with van der Waals surface area (Å²) in [5.41, 5.74) is 8.59. The number of amides is 1. The molecule has 0 aliphatic rings. The van der Waals surface area contributed by atoms with Crippen LogP contribution in [0.2, 0.25) is 0 Å². The van der Waals surface area contributed by atoms with E-state index in [-0.39, 0.29) is 12.5 Å². The van der Waals surface area contributed by atoms with Crippen LogP contribution in [-0.2, 0) is 22.7 Å². The van der Waals surface area contributed by atoms with E-state index in [1.165, 1.54) is 0 Å². The second-order valence-corrected chi connectivity index (χ2v) is 7.02. The van der Waals surface area contributed by atoms with Gasteiger partial charge >= 0.3 is 5.97 Å². The summed E-state index contributed by atoms with van der Waals surface area (Å²) in [6, 6.07) is 24.0. The quantitative estimate of drug-likeness (QED) is 0.419. The van der Waals surface area contributed by atoms with Gasteiger partial charge in [0.1, 0.15) is 12.4 Å². The van der Waals surface area contributed by atoms with Gasteiger partial charge in [-0.3, -0.25) is 4.79 Å². The van der Waals surface area contributed by atoms with Gasteiger partial charge in [0.05, 0.1) is 5.56 Å². The molecule has 0 spiro atoms. The third-order valence-electron chi connectivity index (χ3n) is 4.75. The lowest BCUT2D eigenvalue weighted by atomic mass is 10.2. The Hall–Kier alpha value is -3.80. The number of esters is 1. The molecule has 0 saturated heterocycles. The van der Waals surface area contributed by atoms with E-state index in [9.17, 15) is 9.59 Å². The lowest BCUT2D eigenvalue weighted by Gasteiger charge is -2.21. The molecule has 160 valence electrons. The molecule has 0 heterocycles. The average Bonchev–Trinajstić information content (AvgIpc) is 2.81. The van der Waals surface area contributed by atoms with E-state index in [2.05, 4.69) is 0 Å². The van der Waals surface area contributed by atoms with Crippen molar-refractivity contribution in [2.45, 2.75) is 20.1 Å². The first kappa shape index (κ1) is 21.9. The molecule has 0 radical (unpaired) electrons. The minimum absolute atomic E-state index is 0.254. The summed E-state index contributed by atoms with van der Waals surface area (Å²) in [5.74, 6) is -0.0422. The Morgan fingerprint density at radius 3 is 2.19 bits per heavy atom. The van der Waals surface area contributed by atoms with Crippen LogP contribution < -0.4 is 10.5 Å². The molecule has 3 aromatic rings. The van der Waals surface area contributed by atoms with Crippen LogP contribution in [0.5, 0.6) is 5.75 Å². The number of likely N-dealkylation sites (N-methyl/N-ethyl adjacent to an activating group) is 1. The van der Waals surface area contributed by atoms with Gasteiger partial charge in [-0.1, -0.05) is 42.5 Å². The monoisotopic (exact) mass is 418 g/mol. The summed E-state index contributed by atoms with van der Waals surface area (Å²) in [7, 11) is 0. The second kappa shape index (κ2) is 10.8. The Kier molecular flexibility index (Phi) is 7.65. The van der Waals surface area contributed by atoms with Crippen molar-refractivity contribution >= 4 is 17.6 Å². The van der Waals surface area contributed by atoms with Gasteiger partial charge in [0.15, 0.2) is 6.61 Å². The van der Waals surface area contributed by atoms with E-state index in [1.807, 2.05) is 61.5 Å². The fourth-order valence-corrected chi connectivity index (χ4v) is 2.95. The van der Waals surface area contributed by atoms with Gasteiger partial charge in [0, 0.05) is 18.8 Å². The number of hydrogen-bond acceptors (Lipinski definition) is 5. The third-order valence-corrected chi connectivity index (χ3v) is 4.75. The molecule has 1 amide bonds. The van der Waals surface area contributed by atoms with Crippen molar-refractivity contribution in [1.29, 1.82) is 0 Å². The SMILES string of the molecule is CCN(Cc1ccc(OCc2ccccc2)cc1)C(=O)COC(=O)c1ccc(N)cc1. The molecule has 3 rings (SSSR count). The van der Waals surface area contributed by atoms with E-state index in [0.29, 0.717) is 30.9 Å². The highest BCUT2D eigenvalue weighted by atomic mass is 16.5. The molecular weight excluding hydrogens is 392 g/mol. The molecule has 0 saturated carbocycles. The van der Waals surface area contributed by atoms with Crippen molar-refractivity contribution < 1.29 is 19.1 Å². The Morgan fingerprint density at radius 2 is 1.55 bits per heavy atom. The van der Waals surface area contributed by atoms with Crippen LogP contribution in [0.25, 0.3) is 0 Å². The first-order valence-corrected chi connectivity index (χ1v) is 10.1. The van der Waals surface area contributed by atoms with Crippen molar-refractivity contribution in [2.75, 3.05) is 18.9 Å². The zero-order valence-electron chi connectivity index (χ0n) is 17.5. The highest BCUT2D eigenvalue weighted by Crippen LogP contribution is 2.16. The predicted molar refractivity (Wildman–Crippen MR) is 119 cm³/mol. The zero-order valence-corrected chi connectivity index (χ0v) is 17.5. The van der Waals surface area contributed by atoms with Crippen LogP contribution in [0, 0.1) is 0 Å². The Labute approximate surface area is 182 Å². The van der Waals surface area contributed by atoms with Crippen molar-refractivity contribution in [1.82, 2.24) is 4.90 Å². The lowest BCUT2D eigenvalue weighted by Crippen LogP contribution is -2.34. The van der Waals surface area contributed by atoms with Crippen LogP contribution in [0.4, 0.5) is 5.69 Å². The van der Waals surface area contributed by atoms with Gasteiger partial charge in [-0.2, -0.15) is 0 Å². The smallest absolute Gasteiger partial charge is 0.338 e. The highest BCUT2D eigenvalue weighted by molar-refractivity contribution is 5.91. The number of nitrogens with zero attached hydrogens (tertiary/aromatic N) is 1. The number of nitrogen functional groups attached to an aromatic ring is 1. The van der Waals surface area contributed by atoms with Gasteiger partial charge in [-0.05, 0) is 54.4 Å². The summed E-state index contributed by atoms with van der Waals surface area (Å²) in [4.78, 5) is 26.2. The number of benzene rings is 3. The van der Waals surface area contributed by atoms with Crippen molar-refractivity contribution in [2.24, 2.45) is 0 Å². The normalized spacial score (nSPS) is 10.4. The minimum atomic E-state index is -0.552. The fraction of sp³-hybridized carbons (Fsp3) is 0.200. The number of rotatable bonds is 9. The third kappa shape index (κ3) is 6.60. The molecule has 2 N–H and O–H groups in total. The summed E-state index contributed by atoms with van der Waals surface area (Å²) in [6.07, 6.45) is 0. The molecule has 0 fully saturated rings. The summed E-state index contributed by atoms with van der Waals surface area (Å²) >= 11 is 0. The number of anilines is 1. The summed E-state index contributed by atoms with van der Waals surface area (Å²) in [5, 5.41) is 0. The van der Waals surface area contributed by atoms with Crippen LogP contribution >= 0.6 is 0 Å². The average molecular weight is 418 g/mol. The van der Waals surface area contributed by atoms with Gasteiger partial charge in [-0.15, -0.1) is 0 Å². The van der Waals surface area contributed by atoms with Gasteiger partial charge in [0.2, 0.25) is 0 Å². The standard InChI is InChI=1S/C25H26N2O4/c1-2-27(24(28)18-31-25(29)21-10-12-22(26)13-11-21)16-19-8-14-23(15-9-19)30-17-20-6-4-3-5-7-20/h3-15H,2,16-18,26H2,1H3.